The molecule has 0 bridgehead atoms. The third-order valence-corrected chi connectivity index (χ3v) is 7.82. The number of hydrogen-bond donors (Lipinski definition) is 1. The van der Waals surface area contributed by atoms with Crippen molar-refractivity contribution in [1.29, 1.82) is 0 Å². The molecule has 1 N–H and O–H groups in total. The number of ether oxygens (including phenoxy) is 1. The highest BCUT2D eigenvalue weighted by Gasteiger charge is 2.38. The van der Waals surface area contributed by atoms with Crippen molar-refractivity contribution in [3.8, 4) is 11.4 Å². The van der Waals surface area contributed by atoms with Gasteiger partial charge in [-0.3, -0.25) is 0 Å². The third-order valence-electron chi connectivity index (χ3n) is 5.77. The van der Waals surface area contributed by atoms with Gasteiger partial charge < -0.3 is 4.74 Å². The van der Waals surface area contributed by atoms with Gasteiger partial charge in [0.05, 0.1) is 28.7 Å². The van der Waals surface area contributed by atoms with E-state index in [9.17, 15) is 12.8 Å². The Morgan fingerprint density at radius 2 is 1.79 bits per heavy atom. The summed E-state index contributed by atoms with van der Waals surface area (Å²) in [6.07, 6.45) is 2.62. The van der Waals surface area contributed by atoms with E-state index >= 15 is 0 Å². The van der Waals surface area contributed by atoms with Gasteiger partial charge in [0.15, 0.2) is 0 Å². The summed E-state index contributed by atoms with van der Waals surface area (Å²) in [6.45, 7) is 1.82. The topological polar surface area (TPSA) is 73.2 Å². The van der Waals surface area contributed by atoms with Crippen molar-refractivity contribution >= 4 is 20.9 Å². The molecule has 33 heavy (non-hydrogen) atoms. The van der Waals surface area contributed by atoms with E-state index in [1.807, 2.05) is 55.5 Å². The van der Waals surface area contributed by atoms with E-state index in [0.29, 0.717) is 18.6 Å². The van der Waals surface area contributed by atoms with Gasteiger partial charge in [0, 0.05) is 5.39 Å². The van der Waals surface area contributed by atoms with Crippen molar-refractivity contribution in [3.05, 3.63) is 90.4 Å². The second-order valence-electron chi connectivity index (χ2n) is 8.35. The molecule has 5 rings (SSSR count). The SMILES string of the molecule is C[C@H](NS(=O)(=O)C1CC1)[C@@H](Oc1ccc2c(cnn2-c2ccc(F)cc2)c1)c1ccccc1. The van der Waals surface area contributed by atoms with Crippen molar-refractivity contribution in [3.63, 3.8) is 0 Å². The van der Waals surface area contributed by atoms with Crippen molar-refractivity contribution in [2.75, 3.05) is 0 Å². The van der Waals surface area contributed by atoms with Gasteiger partial charge in [0.1, 0.15) is 17.7 Å². The van der Waals surface area contributed by atoms with Crippen LogP contribution >= 0.6 is 0 Å². The maximum atomic E-state index is 13.3. The van der Waals surface area contributed by atoms with Crippen LogP contribution < -0.4 is 9.46 Å². The van der Waals surface area contributed by atoms with Crippen molar-refractivity contribution in [1.82, 2.24) is 14.5 Å². The molecular weight excluding hydrogens is 441 g/mol. The molecule has 3 aromatic carbocycles. The van der Waals surface area contributed by atoms with Crippen LogP contribution in [0.2, 0.25) is 0 Å². The molecule has 0 radical (unpaired) electrons. The number of hydrogen-bond acceptors (Lipinski definition) is 4. The van der Waals surface area contributed by atoms with Gasteiger partial charge in [0.2, 0.25) is 10.0 Å². The number of benzene rings is 3. The summed E-state index contributed by atoms with van der Waals surface area (Å²) in [7, 11) is -3.37. The monoisotopic (exact) mass is 465 g/mol. The van der Waals surface area contributed by atoms with Gasteiger partial charge in [-0.05, 0) is 67.8 Å². The summed E-state index contributed by atoms with van der Waals surface area (Å²) in [4.78, 5) is 0. The van der Waals surface area contributed by atoms with E-state index in [1.165, 1.54) is 12.1 Å². The maximum absolute atomic E-state index is 13.3. The molecule has 1 fully saturated rings. The van der Waals surface area contributed by atoms with Crippen molar-refractivity contribution < 1.29 is 17.5 Å². The van der Waals surface area contributed by atoms with Crippen LogP contribution in [0.1, 0.15) is 31.4 Å². The molecule has 0 amide bonds. The van der Waals surface area contributed by atoms with E-state index in [2.05, 4.69) is 9.82 Å². The van der Waals surface area contributed by atoms with Crippen LogP contribution in [0.5, 0.6) is 5.75 Å². The molecule has 1 aromatic heterocycles. The number of nitrogens with zero attached hydrogens (tertiary/aromatic N) is 2. The largest absolute Gasteiger partial charge is 0.484 e. The predicted octanol–water partition coefficient (Wildman–Crippen LogP) is 4.76. The number of fused-ring (bicyclic) bond motifs is 1. The van der Waals surface area contributed by atoms with Gasteiger partial charge in [-0.2, -0.15) is 5.10 Å². The predicted molar refractivity (Wildman–Crippen MR) is 125 cm³/mol. The number of aromatic nitrogens is 2. The van der Waals surface area contributed by atoms with Gasteiger partial charge in [0.25, 0.3) is 0 Å². The van der Waals surface area contributed by atoms with E-state index in [1.54, 1.807) is 23.0 Å². The lowest BCUT2D eigenvalue weighted by Crippen LogP contribution is -2.40. The fraction of sp³-hybridized carbons (Fsp3) is 0.240. The lowest BCUT2D eigenvalue weighted by atomic mass is 10.0. The minimum atomic E-state index is -3.37. The summed E-state index contributed by atoms with van der Waals surface area (Å²) < 4.78 is 49.2. The van der Waals surface area contributed by atoms with Crippen LogP contribution in [0.15, 0.2) is 79.0 Å². The first-order valence-corrected chi connectivity index (χ1v) is 12.4. The summed E-state index contributed by atoms with van der Waals surface area (Å²) in [6, 6.07) is 20.9. The molecule has 0 spiro atoms. The molecule has 0 aliphatic heterocycles. The van der Waals surface area contributed by atoms with Crippen LogP contribution in [-0.4, -0.2) is 29.5 Å². The summed E-state index contributed by atoms with van der Waals surface area (Å²) >= 11 is 0. The second kappa shape index (κ2) is 8.61. The average molecular weight is 466 g/mol. The van der Waals surface area contributed by atoms with Gasteiger partial charge in [-0.15, -0.1) is 0 Å². The molecule has 1 saturated carbocycles. The minimum absolute atomic E-state index is 0.301. The van der Waals surface area contributed by atoms with E-state index in [0.717, 1.165) is 22.2 Å². The number of halogens is 1. The highest BCUT2D eigenvalue weighted by atomic mass is 32.2. The van der Waals surface area contributed by atoms with E-state index in [4.69, 9.17) is 4.74 Å². The molecule has 2 atom stereocenters. The van der Waals surface area contributed by atoms with Crippen molar-refractivity contribution in [2.24, 2.45) is 0 Å². The van der Waals surface area contributed by atoms with Crippen LogP contribution in [-0.2, 0) is 10.0 Å². The Kier molecular flexibility index (Phi) is 5.64. The second-order valence-corrected chi connectivity index (χ2v) is 10.3. The van der Waals surface area contributed by atoms with Gasteiger partial charge in [-0.25, -0.2) is 22.2 Å². The minimum Gasteiger partial charge on any atom is -0.484 e. The summed E-state index contributed by atoms with van der Waals surface area (Å²) in [5.74, 6) is 0.303. The molecule has 1 aliphatic carbocycles. The number of rotatable bonds is 8. The van der Waals surface area contributed by atoms with Crippen LogP contribution in [0.4, 0.5) is 4.39 Å². The molecule has 1 aliphatic rings. The van der Waals surface area contributed by atoms with Gasteiger partial charge >= 0.3 is 0 Å². The average Bonchev–Trinajstić information content (AvgIpc) is 3.60. The standard InChI is InChI=1S/C25H24FN3O3S/c1-17(28-33(30,31)23-12-13-23)25(18-5-3-2-4-6-18)32-22-11-14-24-19(15-22)16-27-29(24)21-9-7-20(26)8-10-21/h2-11,14-17,23,25,28H,12-13H2,1H3/t17-,25+/m0/s1. The molecule has 4 aromatic rings. The Bertz CT molecular complexity index is 1370. The van der Waals surface area contributed by atoms with Crippen LogP contribution in [0, 0.1) is 5.82 Å². The first kappa shape index (κ1) is 21.6. The first-order chi connectivity index (χ1) is 15.9. The third kappa shape index (κ3) is 4.62. The van der Waals surface area contributed by atoms with Crippen molar-refractivity contribution in [2.45, 2.75) is 37.2 Å². The lowest BCUT2D eigenvalue weighted by Gasteiger charge is -2.26. The molecule has 6 nitrogen and oxygen atoms in total. The van der Waals surface area contributed by atoms with E-state index in [-0.39, 0.29) is 11.1 Å². The zero-order valence-electron chi connectivity index (χ0n) is 18.1. The molecule has 0 unspecified atom stereocenters. The quantitative estimate of drug-likeness (QED) is 0.407. The van der Waals surface area contributed by atoms with Crippen LogP contribution in [0.25, 0.3) is 16.6 Å². The Balaban J connectivity index is 1.43. The Morgan fingerprint density at radius 1 is 1.06 bits per heavy atom. The normalized spacial score (nSPS) is 15.9. The summed E-state index contributed by atoms with van der Waals surface area (Å²) in [5, 5.41) is 4.99. The fourth-order valence-electron chi connectivity index (χ4n) is 3.92. The molecular formula is C25H24FN3O3S. The molecule has 0 saturated heterocycles. The fourth-order valence-corrected chi connectivity index (χ4v) is 5.51. The molecule has 8 heteroatoms. The summed E-state index contributed by atoms with van der Waals surface area (Å²) in [5.41, 5.74) is 2.49. The Hall–Kier alpha value is -3.23. The Labute approximate surface area is 192 Å². The maximum Gasteiger partial charge on any atom is 0.214 e. The highest BCUT2D eigenvalue weighted by Crippen LogP contribution is 2.31. The first-order valence-electron chi connectivity index (χ1n) is 10.9. The molecule has 1 heterocycles. The number of sulfonamides is 1. The lowest BCUT2D eigenvalue weighted by molar-refractivity contribution is 0.173. The highest BCUT2D eigenvalue weighted by molar-refractivity contribution is 7.90. The Morgan fingerprint density at radius 3 is 2.48 bits per heavy atom. The zero-order valence-corrected chi connectivity index (χ0v) is 18.9. The smallest absolute Gasteiger partial charge is 0.214 e. The van der Waals surface area contributed by atoms with Crippen LogP contribution in [0.3, 0.4) is 0 Å². The zero-order chi connectivity index (χ0) is 23.0. The van der Waals surface area contributed by atoms with Gasteiger partial charge in [-0.1, -0.05) is 30.3 Å². The number of nitrogens with one attached hydrogen (secondary N) is 1. The van der Waals surface area contributed by atoms with E-state index < -0.39 is 22.2 Å². The molecule has 170 valence electrons.